The van der Waals surface area contributed by atoms with Crippen molar-refractivity contribution >= 4 is 11.3 Å². The van der Waals surface area contributed by atoms with E-state index in [0.717, 1.165) is 19.4 Å². The van der Waals surface area contributed by atoms with E-state index in [4.69, 9.17) is 10.5 Å². The van der Waals surface area contributed by atoms with Crippen molar-refractivity contribution in [3.05, 3.63) is 22.4 Å². The zero-order valence-electron chi connectivity index (χ0n) is 10.6. The average Bonchev–Trinajstić information content (AvgIpc) is 2.91. The molecule has 17 heavy (non-hydrogen) atoms. The number of nitrogens with two attached hydrogens (primary N) is 1. The molecule has 1 aromatic rings. The van der Waals surface area contributed by atoms with E-state index in [2.05, 4.69) is 36.4 Å². The van der Waals surface area contributed by atoms with Crippen LogP contribution in [-0.4, -0.2) is 36.7 Å². The van der Waals surface area contributed by atoms with Crippen LogP contribution in [0.3, 0.4) is 0 Å². The fraction of sp³-hybridized carbons (Fsp3) is 0.692. The van der Waals surface area contributed by atoms with E-state index in [1.807, 2.05) is 0 Å². The average molecular weight is 254 g/mol. The van der Waals surface area contributed by atoms with Crippen molar-refractivity contribution in [2.75, 3.05) is 13.6 Å². The summed E-state index contributed by atoms with van der Waals surface area (Å²) in [7, 11) is 2.14. The van der Waals surface area contributed by atoms with Gasteiger partial charge in [-0.2, -0.15) is 0 Å². The second-order valence-electron chi connectivity index (χ2n) is 4.86. The lowest BCUT2D eigenvalue weighted by molar-refractivity contribution is 0.00107. The zero-order chi connectivity index (χ0) is 12.3. The number of nitrogens with zero attached hydrogens (tertiary/aromatic N) is 1. The molecule has 1 aromatic heterocycles. The molecule has 1 saturated heterocycles. The Morgan fingerprint density at radius 2 is 2.41 bits per heavy atom. The summed E-state index contributed by atoms with van der Waals surface area (Å²) >= 11 is 1.80. The van der Waals surface area contributed by atoms with Crippen molar-refractivity contribution in [2.45, 2.75) is 44.6 Å². The Kier molecular flexibility index (Phi) is 4.56. The zero-order valence-corrected chi connectivity index (χ0v) is 11.5. The maximum atomic E-state index is 5.94. The van der Waals surface area contributed by atoms with E-state index in [0.29, 0.717) is 24.8 Å². The maximum absolute atomic E-state index is 5.94. The highest BCUT2D eigenvalue weighted by molar-refractivity contribution is 7.09. The lowest BCUT2D eigenvalue weighted by atomic mass is 10.1. The molecule has 2 N–H and O–H groups in total. The van der Waals surface area contributed by atoms with Crippen molar-refractivity contribution in [2.24, 2.45) is 5.73 Å². The third-order valence-corrected chi connectivity index (χ3v) is 4.35. The molecule has 0 saturated carbocycles. The van der Waals surface area contributed by atoms with Gasteiger partial charge in [0.15, 0.2) is 0 Å². The van der Waals surface area contributed by atoms with E-state index in [9.17, 15) is 0 Å². The molecule has 1 aliphatic heterocycles. The van der Waals surface area contributed by atoms with Gasteiger partial charge in [0, 0.05) is 24.0 Å². The van der Waals surface area contributed by atoms with E-state index >= 15 is 0 Å². The van der Waals surface area contributed by atoms with Crippen LogP contribution in [0.25, 0.3) is 0 Å². The summed E-state index contributed by atoms with van der Waals surface area (Å²) in [4.78, 5) is 3.71. The highest BCUT2D eigenvalue weighted by Gasteiger charge is 2.31. The molecule has 0 amide bonds. The van der Waals surface area contributed by atoms with Crippen LogP contribution in [-0.2, 0) is 11.3 Å². The number of rotatable bonds is 5. The standard InChI is InChI=1S/C13H22N2OS/c1-10-5-6-13(16-10)12(8-14)15(2)9-11-4-3-7-17-11/h3-4,7,10,12-13H,5-6,8-9,14H2,1-2H3. The molecule has 4 heteroatoms. The third kappa shape index (κ3) is 3.28. The van der Waals surface area contributed by atoms with Crippen LogP contribution >= 0.6 is 11.3 Å². The number of hydrogen-bond donors (Lipinski definition) is 1. The Hall–Kier alpha value is -0.420. The van der Waals surface area contributed by atoms with Gasteiger partial charge in [0.1, 0.15) is 0 Å². The summed E-state index contributed by atoms with van der Waals surface area (Å²) in [5.74, 6) is 0. The first-order valence-corrected chi connectivity index (χ1v) is 7.17. The Morgan fingerprint density at radius 3 is 2.94 bits per heavy atom. The Bertz CT molecular complexity index is 328. The van der Waals surface area contributed by atoms with Gasteiger partial charge in [-0.3, -0.25) is 4.90 Å². The number of thiophene rings is 1. The SMILES string of the molecule is CC1CCC(C(CN)N(C)Cc2cccs2)O1. The summed E-state index contributed by atoms with van der Waals surface area (Å²) in [5, 5.41) is 2.12. The Labute approximate surface area is 108 Å². The van der Waals surface area contributed by atoms with Crippen LogP contribution in [0.2, 0.25) is 0 Å². The van der Waals surface area contributed by atoms with E-state index in [1.54, 1.807) is 11.3 Å². The molecule has 3 nitrogen and oxygen atoms in total. The summed E-state index contributed by atoms with van der Waals surface area (Å²) < 4.78 is 5.94. The van der Waals surface area contributed by atoms with Crippen molar-refractivity contribution in [3.8, 4) is 0 Å². The number of likely N-dealkylation sites (N-methyl/N-ethyl adjacent to an activating group) is 1. The van der Waals surface area contributed by atoms with Gasteiger partial charge in [-0.1, -0.05) is 6.07 Å². The number of ether oxygens (including phenoxy) is 1. The van der Waals surface area contributed by atoms with Crippen LogP contribution in [0.15, 0.2) is 17.5 Å². The van der Waals surface area contributed by atoms with Crippen molar-refractivity contribution in [1.82, 2.24) is 4.90 Å². The van der Waals surface area contributed by atoms with Gasteiger partial charge in [0.2, 0.25) is 0 Å². The Morgan fingerprint density at radius 1 is 1.59 bits per heavy atom. The van der Waals surface area contributed by atoms with Crippen LogP contribution in [0.1, 0.15) is 24.6 Å². The van der Waals surface area contributed by atoms with Crippen molar-refractivity contribution in [1.29, 1.82) is 0 Å². The first kappa shape index (κ1) is 13.0. The predicted octanol–water partition coefficient (Wildman–Crippen LogP) is 2.07. The third-order valence-electron chi connectivity index (χ3n) is 3.49. The summed E-state index contributed by atoms with van der Waals surface area (Å²) in [6.45, 7) is 3.78. The normalized spacial score (nSPS) is 26.6. The molecule has 3 atom stereocenters. The van der Waals surface area contributed by atoms with Crippen molar-refractivity contribution < 1.29 is 4.74 Å². The summed E-state index contributed by atoms with van der Waals surface area (Å²) in [5.41, 5.74) is 5.91. The molecular formula is C13H22N2OS. The quantitative estimate of drug-likeness (QED) is 0.874. The minimum Gasteiger partial charge on any atom is -0.374 e. The second kappa shape index (κ2) is 5.96. The lowest BCUT2D eigenvalue weighted by Crippen LogP contribution is -2.45. The molecule has 0 bridgehead atoms. The fourth-order valence-corrected chi connectivity index (χ4v) is 3.26. The first-order chi connectivity index (χ1) is 8.20. The molecular weight excluding hydrogens is 232 g/mol. The summed E-state index contributed by atoms with van der Waals surface area (Å²) in [6.07, 6.45) is 3.00. The fourth-order valence-electron chi connectivity index (χ4n) is 2.50. The largest absolute Gasteiger partial charge is 0.374 e. The molecule has 0 radical (unpaired) electrons. The lowest BCUT2D eigenvalue weighted by Gasteiger charge is -2.31. The minimum atomic E-state index is 0.306. The smallest absolute Gasteiger partial charge is 0.0747 e. The molecule has 96 valence electrons. The minimum absolute atomic E-state index is 0.306. The topological polar surface area (TPSA) is 38.5 Å². The molecule has 1 aliphatic rings. The monoisotopic (exact) mass is 254 g/mol. The highest BCUT2D eigenvalue weighted by atomic mass is 32.1. The molecule has 1 fully saturated rings. The maximum Gasteiger partial charge on any atom is 0.0747 e. The molecule has 0 aliphatic carbocycles. The predicted molar refractivity (Wildman–Crippen MR) is 72.2 cm³/mol. The molecule has 2 rings (SSSR count). The van der Waals surface area contributed by atoms with E-state index in [-0.39, 0.29) is 0 Å². The van der Waals surface area contributed by atoms with Crippen molar-refractivity contribution in [3.63, 3.8) is 0 Å². The van der Waals surface area contributed by atoms with Crippen LogP contribution < -0.4 is 5.73 Å². The van der Waals surface area contributed by atoms with Crippen LogP contribution in [0.4, 0.5) is 0 Å². The second-order valence-corrected chi connectivity index (χ2v) is 5.89. The Balaban J connectivity index is 1.93. The van der Waals surface area contributed by atoms with Gasteiger partial charge in [-0.15, -0.1) is 11.3 Å². The van der Waals surface area contributed by atoms with Gasteiger partial charge < -0.3 is 10.5 Å². The van der Waals surface area contributed by atoms with Gasteiger partial charge in [0.05, 0.1) is 12.2 Å². The van der Waals surface area contributed by atoms with Gasteiger partial charge >= 0.3 is 0 Å². The molecule has 0 spiro atoms. The highest BCUT2D eigenvalue weighted by Crippen LogP contribution is 2.24. The van der Waals surface area contributed by atoms with Gasteiger partial charge in [-0.25, -0.2) is 0 Å². The van der Waals surface area contributed by atoms with Crippen LogP contribution in [0.5, 0.6) is 0 Å². The van der Waals surface area contributed by atoms with Crippen LogP contribution in [0, 0.1) is 0 Å². The van der Waals surface area contributed by atoms with E-state index in [1.165, 1.54) is 4.88 Å². The summed E-state index contributed by atoms with van der Waals surface area (Å²) in [6, 6.07) is 4.61. The van der Waals surface area contributed by atoms with Gasteiger partial charge in [-0.05, 0) is 38.3 Å². The number of hydrogen-bond acceptors (Lipinski definition) is 4. The van der Waals surface area contributed by atoms with E-state index < -0.39 is 0 Å². The molecule has 2 heterocycles. The molecule has 0 aromatic carbocycles. The first-order valence-electron chi connectivity index (χ1n) is 6.29. The van der Waals surface area contributed by atoms with Gasteiger partial charge in [0.25, 0.3) is 0 Å². The molecule has 3 unspecified atom stereocenters.